The molecule has 0 unspecified atom stereocenters. The van der Waals surface area contributed by atoms with Gasteiger partial charge in [-0.3, -0.25) is 4.55 Å². The first-order chi connectivity index (χ1) is 12.3. The molecule has 0 aromatic rings. The summed E-state index contributed by atoms with van der Waals surface area (Å²) in [5.41, 5.74) is 0. The highest BCUT2D eigenvalue weighted by molar-refractivity contribution is 7.85. The summed E-state index contributed by atoms with van der Waals surface area (Å²) < 4.78 is 31.2. The topological polar surface area (TPSA) is 54.4 Å². The quantitative estimate of drug-likeness (QED) is 0.171. The van der Waals surface area contributed by atoms with E-state index in [1.807, 2.05) is 0 Å². The van der Waals surface area contributed by atoms with E-state index in [2.05, 4.69) is 21.0 Å². The van der Waals surface area contributed by atoms with Gasteiger partial charge in [-0.15, -0.1) is 0 Å². The molecule has 4 nitrogen and oxygen atoms in total. The van der Waals surface area contributed by atoms with Gasteiger partial charge in [0.25, 0.3) is 10.1 Å². The summed E-state index contributed by atoms with van der Waals surface area (Å²) in [6, 6.07) is 0. The van der Waals surface area contributed by atoms with Gasteiger partial charge in [0.1, 0.15) is 0 Å². The molecule has 0 aromatic heterocycles. The standard InChI is InChI=1S/C21H45NO3S/c1-4-5-6-7-8-9-10-11-12-13-14-15-16-17-19-22(2,3)20-18-21-26(23,24)25/h4-21H2,1-3H3/p+1. The maximum Gasteiger partial charge on any atom is 0.265 e. The number of quaternary nitrogens is 1. The van der Waals surface area contributed by atoms with Gasteiger partial charge in [-0.2, -0.15) is 8.42 Å². The number of unbranched alkanes of at least 4 members (excludes halogenated alkanes) is 13. The summed E-state index contributed by atoms with van der Waals surface area (Å²) in [4.78, 5) is 0. The summed E-state index contributed by atoms with van der Waals surface area (Å²) in [5.74, 6) is -0.118. The summed E-state index contributed by atoms with van der Waals surface area (Å²) in [7, 11) is 0.484. The Morgan fingerprint density at radius 1 is 0.615 bits per heavy atom. The number of rotatable bonds is 19. The van der Waals surface area contributed by atoms with Gasteiger partial charge in [-0.05, 0) is 12.8 Å². The second-order valence-electron chi connectivity index (χ2n) is 8.62. The van der Waals surface area contributed by atoms with Crippen LogP contribution in [0.4, 0.5) is 0 Å². The van der Waals surface area contributed by atoms with Gasteiger partial charge >= 0.3 is 0 Å². The summed E-state index contributed by atoms with van der Waals surface area (Å²) in [6.45, 7) is 4.16. The molecule has 158 valence electrons. The highest BCUT2D eigenvalue weighted by Gasteiger charge is 2.16. The third-order valence-electron chi connectivity index (χ3n) is 5.28. The molecule has 0 bridgehead atoms. The van der Waals surface area contributed by atoms with Crippen LogP contribution in [0.5, 0.6) is 0 Å². The number of nitrogens with zero attached hydrogens (tertiary/aromatic N) is 1. The molecule has 26 heavy (non-hydrogen) atoms. The Hall–Kier alpha value is -0.130. The third kappa shape index (κ3) is 20.2. The van der Waals surface area contributed by atoms with Crippen LogP contribution in [-0.2, 0) is 10.1 Å². The number of hydrogen-bond donors (Lipinski definition) is 1. The Labute approximate surface area is 164 Å². The lowest BCUT2D eigenvalue weighted by Gasteiger charge is -2.29. The zero-order valence-corrected chi connectivity index (χ0v) is 18.7. The van der Waals surface area contributed by atoms with Crippen molar-refractivity contribution in [2.24, 2.45) is 0 Å². The Morgan fingerprint density at radius 2 is 0.962 bits per heavy atom. The average molecular weight is 393 g/mol. The molecule has 0 amide bonds. The Kier molecular flexibility index (Phi) is 15.8. The fourth-order valence-corrected chi connectivity index (χ4v) is 4.02. The molecule has 0 radical (unpaired) electrons. The second-order valence-corrected chi connectivity index (χ2v) is 10.2. The van der Waals surface area contributed by atoms with Gasteiger partial charge in [0.2, 0.25) is 0 Å². The molecule has 0 aliphatic heterocycles. The maximum absolute atomic E-state index is 10.8. The van der Waals surface area contributed by atoms with Crippen molar-refractivity contribution in [2.75, 3.05) is 32.9 Å². The molecule has 0 rings (SSSR count). The van der Waals surface area contributed by atoms with Crippen molar-refractivity contribution in [3.8, 4) is 0 Å². The van der Waals surface area contributed by atoms with Crippen LogP contribution in [-0.4, -0.2) is 50.4 Å². The predicted octanol–water partition coefficient (Wildman–Crippen LogP) is 5.82. The lowest BCUT2D eigenvalue weighted by Crippen LogP contribution is -2.41. The highest BCUT2D eigenvalue weighted by atomic mass is 32.2. The smallest absolute Gasteiger partial charge is 0.265 e. The fourth-order valence-electron chi connectivity index (χ4n) is 3.52. The van der Waals surface area contributed by atoms with Crippen LogP contribution in [0.25, 0.3) is 0 Å². The first kappa shape index (κ1) is 25.9. The van der Waals surface area contributed by atoms with E-state index in [0.717, 1.165) is 17.6 Å². The minimum Gasteiger partial charge on any atom is -0.328 e. The second kappa shape index (κ2) is 15.9. The molecule has 0 aliphatic carbocycles. The highest BCUT2D eigenvalue weighted by Crippen LogP contribution is 2.13. The van der Waals surface area contributed by atoms with Crippen LogP contribution in [0.3, 0.4) is 0 Å². The van der Waals surface area contributed by atoms with E-state index in [1.165, 1.54) is 89.9 Å². The molecular weight excluding hydrogens is 346 g/mol. The SMILES string of the molecule is CCCCCCCCCCCCCCCC[N+](C)(C)CCCS(=O)(=O)O. The molecule has 0 heterocycles. The molecule has 5 heteroatoms. The van der Waals surface area contributed by atoms with Gasteiger partial charge < -0.3 is 4.48 Å². The van der Waals surface area contributed by atoms with Gasteiger partial charge in [0.15, 0.2) is 0 Å². The van der Waals surface area contributed by atoms with Crippen molar-refractivity contribution in [3.63, 3.8) is 0 Å². The zero-order valence-electron chi connectivity index (χ0n) is 17.8. The van der Waals surface area contributed by atoms with Crippen LogP contribution in [0.15, 0.2) is 0 Å². The van der Waals surface area contributed by atoms with Crippen molar-refractivity contribution in [2.45, 2.75) is 103 Å². The summed E-state index contributed by atoms with van der Waals surface area (Å²) in [5, 5.41) is 0. The van der Waals surface area contributed by atoms with E-state index in [4.69, 9.17) is 4.55 Å². The van der Waals surface area contributed by atoms with Crippen molar-refractivity contribution in [1.82, 2.24) is 0 Å². The van der Waals surface area contributed by atoms with E-state index in [0.29, 0.717) is 6.42 Å². The van der Waals surface area contributed by atoms with Crippen molar-refractivity contribution in [3.05, 3.63) is 0 Å². The van der Waals surface area contributed by atoms with E-state index in [9.17, 15) is 8.42 Å². The van der Waals surface area contributed by atoms with Crippen LogP contribution in [0.2, 0.25) is 0 Å². The molecule has 0 saturated carbocycles. The Bertz CT molecular complexity index is 407. The Morgan fingerprint density at radius 3 is 1.35 bits per heavy atom. The van der Waals surface area contributed by atoms with Gasteiger partial charge in [-0.25, -0.2) is 0 Å². The largest absolute Gasteiger partial charge is 0.328 e. The normalized spacial score (nSPS) is 12.6. The van der Waals surface area contributed by atoms with Crippen molar-refractivity contribution in [1.29, 1.82) is 0 Å². The predicted molar refractivity (Wildman–Crippen MR) is 113 cm³/mol. The van der Waals surface area contributed by atoms with Gasteiger partial charge in [-0.1, -0.05) is 84.0 Å². The zero-order chi connectivity index (χ0) is 19.7. The van der Waals surface area contributed by atoms with Gasteiger partial charge in [0.05, 0.1) is 32.9 Å². The van der Waals surface area contributed by atoms with Crippen LogP contribution in [0, 0.1) is 0 Å². The summed E-state index contributed by atoms with van der Waals surface area (Å²) >= 11 is 0. The fraction of sp³-hybridized carbons (Fsp3) is 1.00. The first-order valence-corrected chi connectivity index (χ1v) is 12.6. The lowest BCUT2D eigenvalue weighted by molar-refractivity contribution is -0.890. The molecule has 0 spiro atoms. The lowest BCUT2D eigenvalue weighted by atomic mass is 10.0. The van der Waals surface area contributed by atoms with E-state index >= 15 is 0 Å². The van der Waals surface area contributed by atoms with Crippen molar-refractivity contribution < 1.29 is 17.5 Å². The molecule has 0 saturated heterocycles. The monoisotopic (exact) mass is 392 g/mol. The summed E-state index contributed by atoms with van der Waals surface area (Å²) in [6.07, 6.45) is 19.7. The molecular formula is C21H46NO3S+. The number of hydrogen-bond acceptors (Lipinski definition) is 2. The van der Waals surface area contributed by atoms with Crippen LogP contribution in [0.1, 0.15) is 103 Å². The molecule has 0 fully saturated rings. The van der Waals surface area contributed by atoms with E-state index in [1.54, 1.807) is 0 Å². The molecule has 0 atom stereocenters. The first-order valence-electron chi connectivity index (χ1n) is 11.0. The molecule has 0 aliphatic rings. The Balaban J connectivity index is 3.34. The third-order valence-corrected chi connectivity index (χ3v) is 6.09. The van der Waals surface area contributed by atoms with E-state index < -0.39 is 10.1 Å². The minimum absolute atomic E-state index is 0.118. The molecule has 0 aromatic carbocycles. The van der Waals surface area contributed by atoms with E-state index in [-0.39, 0.29) is 5.75 Å². The molecule has 1 N–H and O–H groups in total. The average Bonchev–Trinajstić information content (AvgIpc) is 2.53. The van der Waals surface area contributed by atoms with Crippen LogP contribution < -0.4 is 0 Å². The maximum atomic E-state index is 10.8. The minimum atomic E-state index is -3.81. The van der Waals surface area contributed by atoms with Crippen LogP contribution >= 0.6 is 0 Å². The van der Waals surface area contributed by atoms with Crippen molar-refractivity contribution >= 4 is 10.1 Å². The van der Waals surface area contributed by atoms with Gasteiger partial charge in [0, 0.05) is 6.42 Å².